The Kier molecular flexibility index (Phi) is 5.04. The van der Waals surface area contributed by atoms with Crippen LogP contribution in [-0.2, 0) is 5.75 Å². The van der Waals surface area contributed by atoms with Gasteiger partial charge in [-0.05, 0) is 20.1 Å². The SMILES string of the molecule is CSC(N)=NC(C)SCc1nc[nH]c1C. The second-order valence-electron chi connectivity index (χ2n) is 3.06. The zero-order valence-electron chi connectivity index (χ0n) is 9.15. The van der Waals surface area contributed by atoms with Gasteiger partial charge >= 0.3 is 0 Å². The molecule has 0 radical (unpaired) electrons. The van der Waals surface area contributed by atoms with Gasteiger partial charge in [0.2, 0.25) is 0 Å². The fourth-order valence-electron chi connectivity index (χ4n) is 1.00. The number of thioether (sulfide) groups is 2. The number of nitrogens with one attached hydrogen (secondary N) is 1. The fourth-order valence-corrected chi connectivity index (χ4v) is 2.21. The molecule has 84 valence electrons. The summed E-state index contributed by atoms with van der Waals surface area (Å²) in [5.74, 6) is 0.863. The minimum absolute atomic E-state index is 0.175. The summed E-state index contributed by atoms with van der Waals surface area (Å²) >= 11 is 3.20. The van der Waals surface area contributed by atoms with Crippen LogP contribution in [-0.4, -0.2) is 26.8 Å². The van der Waals surface area contributed by atoms with Crippen LogP contribution in [0.4, 0.5) is 0 Å². The number of nitrogens with two attached hydrogens (primary N) is 1. The Morgan fingerprint density at radius 2 is 2.47 bits per heavy atom. The molecule has 0 aliphatic carbocycles. The summed E-state index contributed by atoms with van der Waals surface area (Å²) in [5.41, 5.74) is 7.84. The van der Waals surface area contributed by atoms with Gasteiger partial charge in [-0.25, -0.2) is 9.98 Å². The van der Waals surface area contributed by atoms with Crippen molar-refractivity contribution < 1.29 is 0 Å². The summed E-state index contributed by atoms with van der Waals surface area (Å²) in [5, 5.41) is 0.808. The first-order chi connectivity index (χ1) is 7.13. The number of hydrogen-bond donors (Lipinski definition) is 2. The summed E-state index contributed by atoms with van der Waals surface area (Å²) in [4.78, 5) is 11.6. The Hall–Kier alpha value is -0.620. The van der Waals surface area contributed by atoms with Crippen molar-refractivity contribution in [2.24, 2.45) is 10.7 Å². The lowest BCUT2D eigenvalue weighted by Crippen LogP contribution is -2.09. The largest absolute Gasteiger partial charge is 0.379 e. The Morgan fingerprint density at radius 3 is 3.00 bits per heavy atom. The van der Waals surface area contributed by atoms with E-state index >= 15 is 0 Å². The van der Waals surface area contributed by atoms with Gasteiger partial charge in [-0.1, -0.05) is 11.8 Å². The van der Waals surface area contributed by atoms with E-state index in [0.29, 0.717) is 5.17 Å². The third-order valence-electron chi connectivity index (χ3n) is 1.91. The lowest BCUT2D eigenvalue weighted by atomic mass is 10.4. The van der Waals surface area contributed by atoms with Crippen LogP contribution < -0.4 is 5.73 Å². The number of aromatic nitrogens is 2. The average molecular weight is 244 g/mol. The summed E-state index contributed by atoms with van der Waals surface area (Å²) in [7, 11) is 0. The van der Waals surface area contributed by atoms with Crippen molar-refractivity contribution in [3.63, 3.8) is 0 Å². The molecule has 0 amide bonds. The second kappa shape index (κ2) is 6.07. The summed E-state index contributed by atoms with van der Waals surface area (Å²) in [6.45, 7) is 4.06. The molecular formula is C9H16N4S2. The average Bonchev–Trinajstić information content (AvgIpc) is 2.61. The number of amidine groups is 1. The summed E-state index contributed by atoms with van der Waals surface area (Å²) in [6, 6.07) is 0. The molecule has 0 saturated carbocycles. The maximum Gasteiger partial charge on any atom is 0.154 e. The molecule has 1 heterocycles. The van der Waals surface area contributed by atoms with Crippen molar-refractivity contribution in [3.8, 4) is 0 Å². The Bertz CT molecular complexity index is 335. The molecule has 4 nitrogen and oxygen atoms in total. The predicted molar refractivity (Wildman–Crippen MR) is 69.2 cm³/mol. The predicted octanol–water partition coefficient (Wildman–Crippen LogP) is 1.98. The monoisotopic (exact) mass is 244 g/mol. The van der Waals surface area contributed by atoms with Gasteiger partial charge in [-0.2, -0.15) is 0 Å². The van der Waals surface area contributed by atoms with Crippen molar-refractivity contribution in [2.75, 3.05) is 6.26 Å². The molecule has 1 aromatic heterocycles. The minimum atomic E-state index is 0.175. The van der Waals surface area contributed by atoms with Crippen LogP contribution in [0.5, 0.6) is 0 Å². The Morgan fingerprint density at radius 1 is 1.73 bits per heavy atom. The van der Waals surface area contributed by atoms with E-state index in [0.717, 1.165) is 17.1 Å². The third-order valence-corrected chi connectivity index (χ3v) is 3.47. The lowest BCUT2D eigenvalue weighted by molar-refractivity contribution is 1.04. The molecule has 0 bridgehead atoms. The van der Waals surface area contributed by atoms with Crippen molar-refractivity contribution in [1.29, 1.82) is 0 Å². The van der Waals surface area contributed by atoms with Gasteiger partial charge in [-0.3, -0.25) is 0 Å². The molecule has 3 N–H and O–H groups in total. The highest BCUT2D eigenvalue weighted by molar-refractivity contribution is 8.13. The van der Waals surface area contributed by atoms with Crippen LogP contribution in [0.3, 0.4) is 0 Å². The lowest BCUT2D eigenvalue weighted by Gasteiger charge is -2.06. The highest BCUT2D eigenvalue weighted by atomic mass is 32.2. The van der Waals surface area contributed by atoms with Gasteiger partial charge in [0, 0.05) is 11.4 Å². The van der Waals surface area contributed by atoms with E-state index in [1.54, 1.807) is 18.1 Å². The van der Waals surface area contributed by atoms with E-state index < -0.39 is 0 Å². The van der Waals surface area contributed by atoms with E-state index in [9.17, 15) is 0 Å². The molecule has 1 unspecified atom stereocenters. The first kappa shape index (κ1) is 12.4. The maximum absolute atomic E-state index is 5.63. The van der Waals surface area contributed by atoms with Crippen LogP contribution in [0.1, 0.15) is 18.3 Å². The van der Waals surface area contributed by atoms with Crippen LogP contribution in [0, 0.1) is 6.92 Å². The molecule has 1 atom stereocenters. The first-order valence-corrected chi connectivity index (χ1v) is 6.88. The highest BCUT2D eigenvalue weighted by Gasteiger charge is 2.05. The molecule has 0 aliphatic heterocycles. The number of imidazole rings is 1. The molecule has 1 rings (SSSR count). The van der Waals surface area contributed by atoms with Gasteiger partial charge in [-0.15, -0.1) is 11.8 Å². The van der Waals surface area contributed by atoms with Crippen LogP contribution >= 0.6 is 23.5 Å². The van der Waals surface area contributed by atoms with Gasteiger partial charge in [0.15, 0.2) is 5.17 Å². The number of rotatable bonds is 4. The maximum atomic E-state index is 5.63. The molecular weight excluding hydrogens is 228 g/mol. The van der Waals surface area contributed by atoms with Gasteiger partial charge in [0.1, 0.15) is 0 Å². The van der Waals surface area contributed by atoms with Crippen molar-refractivity contribution in [3.05, 3.63) is 17.7 Å². The Balaban J connectivity index is 2.41. The summed E-state index contributed by atoms with van der Waals surface area (Å²) < 4.78 is 0. The van der Waals surface area contributed by atoms with Crippen molar-refractivity contribution in [1.82, 2.24) is 9.97 Å². The minimum Gasteiger partial charge on any atom is -0.379 e. The topological polar surface area (TPSA) is 67.1 Å². The molecule has 1 aromatic rings. The van der Waals surface area contributed by atoms with E-state index in [4.69, 9.17) is 5.73 Å². The number of H-pyrrole nitrogens is 1. The number of hydrogen-bond acceptors (Lipinski definition) is 4. The van der Waals surface area contributed by atoms with E-state index in [-0.39, 0.29) is 5.37 Å². The quantitative estimate of drug-likeness (QED) is 0.628. The van der Waals surface area contributed by atoms with Crippen LogP contribution in [0.15, 0.2) is 11.3 Å². The molecule has 6 heteroatoms. The number of aromatic amines is 1. The number of aryl methyl sites for hydroxylation is 1. The standard InChI is InChI=1S/C9H16N4S2/c1-6-8(12-5-11-6)4-15-7(2)13-9(10)14-3/h5,7H,4H2,1-3H3,(H2,10,13)(H,11,12). The smallest absolute Gasteiger partial charge is 0.154 e. The number of nitrogens with zero attached hydrogens (tertiary/aromatic N) is 2. The zero-order valence-corrected chi connectivity index (χ0v) is 10.8. The van der Waals surface area contributed by atoms with E-state index in [2.05, 4.69) is 15.0 Å². The fraction of sp³-hybridized carbons (Fsp3) is 0.556. The number of aliphatic imine (C=N–C) groups is 1. The Labute approximate surface area is 98.5 Å². The van der Waals surface area contributed by atoms with Gasteiger partial charge < -0.3 is 10.7 Å². The van der Waals surface area contributed by atoms with Crippen LogP contribution in [0.25, 0.3) is 0 Å². The van der Waals surface area contributed by atoms with Gasteiger partial charge in [0.05, 0.1) is 17.4 Å². The highest BCUT2D eigenvalue weighted by Crippen LogP contribution is 2.19. The molecule has 0 aliphatic rings. The van der Waals surface area contributed by atoms with Crippen LogP contribution in [0.2, 0.25) is 0 Å². The molecule has 0 fully saturated rings. The van der Waals surface area contributed by atoms with Gasteiger partial charge in [0.25, 0.3) is 0 Å². The summed E-state index contributed by atoms with van der Waals surface area (Å²) in [6.07, 6.45) is 3.64. The third kappa shape index (κ3) is 4.17. The second-order valence-corrected chi connectivity index (χ2v) is 5.19. The normalized spacial score (nSPS) is 14.2. The van der Waals surface area contributed by atoms with Crippen molar-refractivity contribution >= 4 is 28.7 Å². The molecule has 0 aromatic carbocycles. The zero-order chi connectivity index (χ0) is 11.3. The van der Waals surface area contributed by atoms with Crippen molar-refractivity contribution in [2.45, 2.75) is 25.0 Å². The molecule has 15 heavy (non-hydrogen) atoms. The first-order valence-electron chi connectivity index (χ1n) is 4.61. The molecule has 0 saturated heterocycles. The molecule has 0 spiro atoms. The van der Waals surface area contributed by atoms with E-state index in [1.165, 1.54) is 11.8 Å². The van der Waals surface area contributed by atoms with E-state index in [1.807, 2.05) is 20.1 Å².